The lowest BCUT2D eigenvalue weighted by Gasteiger charge is -2.12. The summed E-state index contributed by atoms with van der Waals surface area (Å²) in [7, 11) is 0. The zero-order chi connectivity index (χ0) is 23.4. The molecule has 0 spiro atoms. The van der Waals surface area contributed by atoms with Crippen LogP contribution in [0.4, 0.5) is 9.18 Å². The van der Waals surface area contributed by atoms with E-state index in [2.05, 4.69) is 0 Å². The summed E-state index contributed by atoms with van der Waals surface area (Å²) in [6.45, 7) is 1.61. The fraction of sp³-hybridized carbons (Fsp3) is 0.115. The molecule has 0 saturated carbocycles. The molecule has 2 amide bonds. The maximum absolute atomic E-state index is 13.9. The number of rotatable bonds is 7. The number of Topliss-reactive ketones (excluding diaryl/α,β-unsaturated/α-hetero) is 1. The number of aryl methyl sites for hydroxylation is 1. The van der Waals surface area contributed by atoms with Crippen LogP contribution in [0.1, 0.15) is 27.0 Å². The number of thioether (sulfide) groups is 1. The quantitative estimate of drug-likeness (QED) is 0.337. The van der Waals surface area contributed by atoms with Crippen LogP contribution in [-0.2, 0) is 11.4 Å². The first-order valence-corrected chi connectivity index (χ1v) is 11.0. The van der Waals surface area contributed by atoms with Gasteiger partial charge in [0, 0.05) is 16.7 Å². The lowest BCUT2D eigenvalue weighted by Crippen LogP contribution is -2.33. The van der Waals surface area contributed by atoms with Gasteiger partial charge < -0.3 is 4.74 Å². The molecule has 1 heterocycles. The Bertz CT molecular complexity index is 1250. The van der Waals surface area contributed by atoms with Gasteiger partial charge >= 0.3 is 0 Å². The van der Waals surface area contributed by atoms with E-state index >= 15 is 0 Å². The minimum absolute atomic E-state index is 0.0179. The summed E-state index contributed by atoms with van der Waals surface area (Å²) in [4.78, 5) is 39.0. The largest absolute Gasteiger partial charge is 0.488 e. The molecule has 0 radical (unpaired) electrons. The van der Waals surface area contributed by atoms with E-state index < -0.39 is 11.1 Å². The van der Waals surface area contributed by atoms with E-state index in [4.69, 9.17) is 4.74 Å². The molecule has 0 atom stereocenters. The molecule has 3 aromatic carbocycles. The van der Waals surface area contributed by atoms with Gasteiger partial charge in [0.2, 0.25) is 0 Å². The Morgan fingerprint density at radius 3 is 2.45 bits per heavy atom. The molecule has 1 aliphatic heterocycles. The molecule has 0 N–H and O–H groups in total. The zero-order valence-electron chi connectivity index (χ0n) is 17.8. The molecule has 0 unspecified atom stereocenters. The molecule has 0 aliphatic carbocycles. The third kappa shape index (κ3) is 5.21. The van der Waals surface area contributed by atoms with E-state index in [1.165, 1.54) is 6.07 Å². The van der Waals surface area contributed by atoms with Crippen molar-refractivity contribution in [3.8, 4) is 5.75 Å². The molecule has 166 valence electrons. The van der Waals surface area contributed by atoms with Gasteiger partial charge in [-0.3, -0.25) is 19.3 Å². The van der Waals surface area contributed by atoms with E-state index in [0.29, 0.717) is 22.4 Å². The number of nitrogens with zero attached hydrogens (tertiary/aromatic N) is 1. The van der Waals surface area contributed by atoms with Crippen LogP contribution in [0.3, 0.4) is 0 Å². The van der Waals surface area contributed by atoms with Gasteiger partial charge in [0.25, 0.3) is 11.1 Å². The molecule has 0 bridgehead atoms. The maximum Gasteiger partial charge on any atom is 0.293 e. The number of hydrogen-bond donors (Lipinski definition) is 0. The number of para-hydroxylation sites is 1. The molecule has 4 rings (SSSR count). The van der Waals surface area contributed by atoms with E-state index in [1.54, 1.807) is 72.8 Å². The van der Waals surface area contributed by atoms with Crippen molar-refractivity contribution >= 4 is 34.8 Å². The molecule has 1 aliphatic rings. The lowest BCUT2D eigenvalue weighted by atomic mass is 10.1. The lowest BCUT2D eigenvalue weighted by molar-refractivity contribution is -0.122. The van der Waals surface area contributed by atoms with Crippen molar-refractivity contribution in [2.24, 2.45) is 0 Å². The van der Waals surface area contributed by atoms with Gasteiger partial charge in [-0.1, -0.05) is 66.2 Å². The molecular weight excluding hydrogens is 441 g/mol. The van der Waals surface area contributed by atoms with Crippen LogP contribution >= 0.6 is 11.8 Å². The number of hydrogen-bond acceptors (Lipinski definition) is 5. The van der Waals surface area contributed by atoms with E-state index in [9.17, 15) is 18.8 Å². The van der Waals surface area contributed by atoms with Gasteiger partial charge in [-0.2, -0.15) is 0 Å². The molecule has 5 nitrogen and oxygen atoms in total. The van der Waals surface area contributed by atoms with Crippen LogP contribution in [-0.4, -0.2) is 28.4 Å². The predicted molar refractivity (Wildman–Crippen MR) is 125 cm³/mol. The van der Waals surface area contributed by atoms with E-state index in [1.807, 2.05) is 6.92 Å². The summed E-state index contributed by atoms with van der Waals surface area (Å²) in [6, 6.07) is 20.3. The summed E-state index contributed by atoms with van der Waals surface area (Å²) in [5.41, 5.74) is 2.43. The second kappa shape index (κ2) is 9.83. The molecular formula is C26H20FNO4S. The first-order chi connectivity index (χ1) is 15.9. The number of carbonyl (C=O) groups is 3. The fourth-order valence-electron chi connectivity index (χ4n) is 3.25. The number of ketones is 1. The Kier molecular flexibility index (Phi) is 6.70. The fourth-order valence-corrected chi connectivity index (χ4v) is 4.08. The Morgan fingerprint density at radius 1 is 1.00 bits per heavy atom. The molecule has 7 heteroatoms. The Morgan fingerprint density at radius 2 is 1.70 bits per heavy atom. The van der Waals surface area contributed by atoms with Crippen LogP contribution in [0.5, 0.6) is 5.75 Å². The number of carbonyl (C=O) groups excluding carboxylic acids is 3. The highest BCUT2D eigenvalue weighted by atomic mass is 32.2. The van der Waals surface area contributed by atoms with Gasteiger partial charge in [-0.15, -0.1) is 0 Å². The smallest absolute Gasteiger partial charge is 0.293 e. The Labute approximate surface area is 194 Å². The Balaban J connectivity index is 1.50. The SMILES string of the molecule is Cc1ccc(C(=O)CN2C(=O)SC(=Cc3ccccc3OCc3ccccc3F)C2=O)cc1. The number of ether oxygens (including phenoxy) is 1. The molecule has 1 fully saturated rings. The number of halogens is 1. The maximum atomic E-state index is 13.9. The number of imide groups is 1. The van der Waals surface area contributed by atoms with Crippen LogP contribution < -0.4 is 4.74 Å². The summed E-state index contributed by atoms with van der Waals surface area (Å²) in [6.07, 6.45) is 1.55. The van der Waals surface area contributed by atoms with Gasteiger partial charge in [-0.05, 0) is 36.9 Å². The van der Waals surface area contributed by atoms with Crippen molar-refractivity contribution in [2.45, 2.75) is 13.5 Å². The van der Waals surface area contributed by atoms with Crippen molar-refractivity contribution < 1.29 is 23.5 Å². The zero-order valence-corrected chi connectivity index (χ0v) is 18.6. The summed E-state index contributed by atoms with van der Waals surface area (Å²) in [5, 5.41) is -0.503. The highest BCUT2D eigenvalue weighted by Gasteiger charge is 2.36. The van der Waals surface area contributed by atoms with Crippen molar-refractivity contribution in [2.75, 3.05) is 6.54 Å². The van der Waals surface area contributed by atoms with Gasteiger partial charge in [0.1, 0.15) is 18.2 Å². The van der Waals surface area contributed by atoms with Crippen molar-refractivity contribution in [3.63, 3.8) is 0 Å². The van der Waals surface area contributed by atoms with Gasteiger partial charge in [0.15, 0.2) is 5.78 Å². The van der Waals surface area contributed by atoms with Crippen LogP contribution in [0.25, 0.3) is 6.08 Å². The molecule has 33 heavy (non-hydrogen) atoms. The summed E-state index contributed by atoms with van der Waals surface area (Å²) in [5.74, 6) is -0.765. The first-order valence-electron chi connectivity index (χ1n) is 10.2. The van der Waals surface area contributed by atoms with Gasteiger partial charge in [-0.25, -0.2) is 4.39 Å². The Hall–Kier alpha value is -3.71. The normalized spacial score (nSPS) is 14.7. The number of benzene rings is 3. The first kappa shape index (κ1) is 22.5. The molecule has 0 aromatic heterocycles. The average Bonchev–Trinajstić information content (AvgIpc) is 3.07. The second-order valence-electron chi connectivity index (χ2n) is 7.47. The van der Waals surface area contributed by atoms with Crippen LogP contribution in [0.15, 0.2) is 77.7 Å². The molecule has 3 aromatic rings. The topological polar surface area (TPSA) is 63.7 Å². The highest BCUT2D eigenvalue weighted by molar-refractivity contribution is 8.18. The number of amides is 2. The minimum atomic E-state index is -0.533. The van der Waals surface area contributed by atoms with E-state index in [0.717, 1.165) is 22.2 Å². The summed E-state index contributed by atoms with van der Waals surface area (Å²) >= 11 is 0.773. The molecule has 1 saturated heterocycles. The minimum Gasteiger partial charge on any atom is -0.488 e. The predicted octanol–water partition coefficient (Wildman–Crippen LogP) is 5.63. The van der Waals surface area contributed by atoms with Crippen molar-refractivity contribution in [1.29, 1.82) is 0 Å². The standard InChI is InChI=1S/C26H20FNO4S/c1-17-10-12-18(13-11-17)22(29)15-28-25(30)24(33-26(28)31)14-19-6-3-5-9-23(19)32-16-20-7-2-4-8-21(20)27/h2-14H,15-16H2,1H3. The average molecular weight is 462 g/mol. The van der Waals surface area contributed by atoms with Crippen molar-refractivity contribution in [3.05, 3.63) is 106 Å². The van der Waals surface area contributed by atoms with Crippen LogP contribution in [0, 0.1) is 12.7 Å². The summed E-state index contributed by atoms with van der Waals surface area (Å²) < 4.78 is 19.7. The van der Waals surface area contributed by atoms with Crippen LogP contribution in [0.2, 0.25) is 0 Å². The second-order valence-corrected chi connectivity index (χ2v) is 8.47. The third-order valence-electron chi connectivity index (χ3n) is 5.10. The third-order valence-corrected chi connectivity index (χ3v) is 6.00. The van der Waals surface area contributed by atoms with Crippen molar-refractivity contribution in [1.82, 2.24) is 4.90 Å². The van der Waals surface area contributed by atoms with Gasteiger partial charge in [0.05, 0.1) is 11.4 Å². The highest BCUT2D eigenvalue weighted by Crippen LogP contribution is 2.34. The van der Waals surface area contributed by atoms with E-state index in [-0.39, 0.29) is 29.7 Å². The monoisotopic (exact) mass is 461 g/mol.